The van der Waals surface area contributed by atoms with Crippen molar-refractivity contribution in [1.82, 2.24) is 0 Å². The summed E-state index contributed by atoms with van der Waals surface area (Å²) in [5.74, 6) is -0.425. The van der Waals surface area contributed by atoms with Crippen molar-refractivity contribution in [3.8, 4) is 5.75 Å². The van der Waals surface area contributed by atoms with Crippen LogP contribution in [0.5, 0.6) is 5.75 Å². The molecule has 0 aliphatic heterocycles. The van der Waals surface area contributed by atoms with Gasteiger partial charge in [0.1, 0.15) is 11.0 Å². The van der Waals surface area contributed by atoms with E-state index in [0.717, 1.165) is 35.3 Å². The maximum atomic E-state index is 11.7. The molecule has 0 saturated carbocycles. The Morgan fingerprint density at radius 3 is 1.85 bits per heavy atom. The molecule has 1 aromatic carbocycles. The molecule has 0 aromatic heterocycles. The summed E-state index contributed by atoms with van der Waals surface area (Å²) in [7, 11) is 0. The van der Waals surface area contributed by atoms with Crippen LogP contribution in [-0.2, 0) is 15.6 Å². The average Bonchev–Trinajstić information content (AvgIpc) is 2.45. The third-order valence-corrected chi connectivity index (χ3v) is 5.55. The van der Waals surface area contributed by atoms with Crippen LogP contribution in [0.4, 0.5) is 0 Å². The number of rotatable bonds is 7. The topological polar surface area (TPSA) is 57.5 Å². The van der Waals surface area contributed by atoms with E-state index < -0.39 is 11.2 Å². The number of phenols is 1. The first kappa shape index (κ1) is 26.1. The van der Waals surface area contributed by atoms with E-state index in [0.29, 0.717) is 12.2 Å². The second-order valence-corrected chi connectivity index (χ2v) is 10.1. The molecule has 0 aliphatic carbocycles. The Labute approximate surface area is 193 Å². The van der Waals surface area contributed by atoms with Gasteiger partial charge in [-0.05, 0) is 29.4 Å². The fraction of sp³-hybridized carbons (Fsp3) is 0.667. The Balaban J connectivity index is 0.00000625. The summed E-state index contributed by atoms with van der Waals surface area (Å²) in [5.41, 5.74) is 1.34. The molecular weight excluding hydrogens is 372 g/mol. The van der Waals surface area contributed by atoms with Crippen LogP contribution in [0.15, 0.2) is 17.0 Å². The number of carboxylic acid groups (broad SMARTS) is 1. The molecule has 0 bridgehead atoms. The summed E-state index contributed by atoms with van der Waals surface area (Å²) in [6.45, 7) is 14.5. The average molecular weight is 409 g/mol. The Kier molecular flexibility index (Phi) is 10.6. The van der Waals surface area contributed by atoms with Crippen LogP contribution in [0, 0.1) is 0 Å². The molecule has 26 heavy (non-hydrogen) atoms. The fourth-order valence-electron chi connectivity index (χ4n) is 2.80. The van der Waals surface area contributed by atoms with Gasteiger partial charge in [-0.25, -0.2) is 0 Å². The van der Waals surface area contributed by atoms with Crippen LogP contribution in [0.25, 0.3) is 0 Å². The Morgan fingerprint density at radius 1 is 1.04 bits per heavy atom. The minimum atomic E-state index is -0.760. The Hall–Kier alpha value is 0.0997. The summed E-state index contributed by atoms with van der Waals surface area (Å²) < 4.78 is 0. The monoisotopic (exact) mass is 408 g/mol. The molecule has 1 rings (SSSR count). The van der Waals surface area contributed by atoms with E-state index in [4.69, 9.17) is 0 Å². The van der Waals surface area contributed by atoms with Crippen LogP contribution in [0.1, 0.15) is 85.3 Å². The molecule has 0 radical (unpaired) electrons. The van der Waals surface area contributed by atoms with Crippen molar-refractivity contribution in [3.05, 3.63) is 23.3 Å². The normalized spacial score (nSPS) is 13.2. The Bertz CT molecular complexity index is 565. The molecule has 3 nitrogen and oxygen atoms in total. The molecule has 5 heteroatoms. The van der Waals surface area contributed by atoms with Gasteiger partial charge >= 0.3 is 43.7 Å². The number of carboxylic acids is 1. The first-order valence-electron chi connectivity index (χ1n) is 9.15. The van der Waals surface area contributed by atoms with E-state index in [-0.39, 0.29) is 48.6 Å². The Morgan fingerprint density at radius 2 is 1.50 bits per heavy atom. The van der Waals surface area contributed by atoms with E-state index >= 15 is 0 Å². The molecular formula is C21H36CaO3S. The molecule has 2 N–H and O–H groups in total. The molecule has 0 spiro atoms. The predicted molar refractivity (Wildman–Crippen MR) is 115 cm³/mol. The van der Waals surface area contributed by atoms with Gasteiger partial charge in [0.15, 0.2) is 0 Å². The molecule has 1 unspecified atom stereocenters. The van der Waals surface area contributed by atoms with Crippen LogP contribution < -0.4 is 0 Å². The summed E-state index contributed by atoms with van der Waals surface area (Å²) in [4.78, 5) is 12.6. The van der Waals surface area contributed by atoms with Crippen LogP contribution in [-0.4, -0.2) is 59.2 Å². The number of unbranched alkanes of at least 4 members (excludes halogenated alkanes) is 2. The number of aromatic hydroxyl groups is 1. The maximum absolute atomic E-state index is 11.7. The second-order valence-electron chi connectivity index (χ2n) is 8.81. The van der Waals surface area contributed by atoms with Crippen molar-refractivity contribution < 1.29 is 15.0 Å². The molecule has 0 amide bonds. The number of phenolic OH excluding ortho intramolecular Hbond substituents is 1. The standard InChI is InChI=1S/C21H34O3S.Ca.2H/c1-8-9-10-11-17(19(23)24)25-14-12-15(20(2,3)4)18(22)16(13-14)21(5,6)7;;;/h12-13,17,22H,8-11H2,1-7H3,(H,23,24);;;. The van der Waals surface area contributed by atoms with Crippen molar-refractivity contribution >= 4 is 55.5 Å². The van der Waals surface area contributed by atoms with Crippen molar-refractivity contribution in [2.24, 2.45) is 0 Å². The zero-order valence-corrected chi connectivity index (χ0v) is 17.6. The number of hydrogen-bond donors (Lipinski definition) is 2. The van der Waals surface area contributed by atoms with Crippen molar-refractivity contribution in [1.29, 1.82) is 0 Å². The predicted octanol–water partition coefficient (Wildman–Crippen LogP) is 5.20. The van der Waals surface area contributed by atoms with Crippen molar-refractivity contribution in [2.45, 2.75) is 95.1 Å². The van der Waals surface area contributed by atoms with Gasteiger partial charge < -0.3 is 10.2 Å². The van der Waals surface area contributed by atoms with Gasteiger partial charge in [0.05, 0.1) is 0 Å². The minimum absolute atomic E-state index is 0. The first-order chi connectivity index (χ1) is 11.4. The zero-order chi connectivity index (χ0) is 19.4. The summed E-state index contributed by atoms with van der Waals surface area (Å²) in [5, 5.41) is 19.9. The number of aliphatic carboxylic acids is 1. The number of hydrogen-bond acceptors (Lipinski definition) is 3. The molecule has 1 aromatic rings. The molecule has 0 saturated heterocycles. The van der Waals surface area contributed by atoms with Gasteiger partial charge in [0.25, 0.3) is 0 Å². The summed E-state index contributed by atoms with van der Waals surface area (Å²) in [6, 6.07) is 3.93. The SMILES string of the molecule is CCCCCC(Sc1cc(C(C)(C)C)c(O)c(C(C)(C)C)c1)C(=O)O.[CaH2]. The van der Waals surface area contributed by atoms with E-state index in [1.54, 1.807) is 0 Å². The number of benzene rings is 1. The molecule has 0 fully saturated rings. The van der Waals surface area contributed by atoms with Crippen LogP contribution >= 0.6 is 11.8 Å². The summed E-state index contributed by atoms with van der Waals surface area (Å²) >= 11 is 1.41. The van der Waals surface area contributed by atoms with E-state index in [1.165, 1.54) is 11.8 Å². The molecule has 146 valence electrons. The van der Waals surface area contributed by atoms with Gasteiger partial charge in [-0.1, -0.05) is 67.7 Å². The van der Waals surface area contributed by atoms with Gasteiger partial charge in [0, 0.05) is 16.0 Å². The van der Waals surface area contributed by atoms with Gasteiger partial charge in [0.2, 0.25) is 0 Å². The van der Waals surface area contributed by atoms with E-state index in [1.807, 2.05) is 12.1 Å². The number of carbonyl (C=O) groups is 1. The second kappa shape index (κ2) is 10.6. The summed E-state index contributed by atoms with van der Waals surface area (Å²) in [6.07, 6.45) is 3.74. The molecule has 1 atom stereocenters. The zero-order valence-electron chi connectivity index (χ0n) is 16.8. The first-order valence-corrected chi connectivity index (χ1v) is 10.0. The van der Waals surface area contributed by atoms with Crippen molar-refractivity contribution in [2.75, 3.05) is 0 Å². The van der Waals surface area contributed by atoms with Gasteiger partial charge in [-0.2, -0.15) is 0 Å². The van der Waals surface area contributed by atoms with Gasteiger partial charge in [-0.3, -0.25) is 4.79 Å². The van der Waals surface area contributed by atoms with Gasteiger partial charge in [-0.15, -0.1) is 11.8 Å². The quantitative estimate of drug-likeness (QED) is 0.370. The third kappa shape index (κ3) is 7.61. The third-order valence-electron chi connectivity index (χ3n) is 4.32. The van der Waals surface area contributed by atoms with Crippen LogP contribution in [0.3, 0.4) is 0 Å². The van der Waals surface area contributed by atoms with E-state index in [9.17, 15) is 15.0 Å². The van der Waals surface area contributed by atoms with Crippen LogP contribution in [0.2, 0.25) is 0 Å². The van der Waals surface area contributed by atoms with Crippen molar-refractivity contribution in [3.63, 3.8) is 0 Å². The fourth-order valence-corrected chi connectivity index (χ4v) is 3.88. The number of thioether (sulfide) groups is 1. The molecule has 0 heterocycles. The van der Waals surface area contributed by atoms with E-state index in [2.05, 4.69) is 48.5 Å². The molecule has 0 aliphatic rings.